The van der Waals surface area contributed by atoms with E-state index in [2.05, 4.69) is 10.1 Å². The molecule has 2 aromatic heterocycles. The van der Waals surface area contributed by atoms with Gasteiger partial charge in [-0.1, -0.05) is 0 Å². The highest BCUT2D eigenvalue weighted by Gasteiger charge is 2.21. The number of amides is 1. The Bertz CT molecular complexity index is 619. The van der Waals surface area contributed by atoms with Gasteiger partial charge in [-0.3, -0.25) is 4.79 Å². The van der Waals surface area contributed by atoms with E-state index in [-0.39, 0.29) is 5.91 Å². The maximum absolute atomic E-state index is 12.3. The zero-order valence-corrected chi connectivity index (χ0v) is 11.3. The molecule has 1 saturated heterocycles. The molecule has 2 aromatic rings. The number of morpholine rings is 1. The Morgan fingerprint density at radius 2 is 2.20 bits per heavy atom. The highest BCUT2D eigenvalue weighted by atomic mass is 16.5. The van der Waals surface area contributed by atoms with Gasteiger partial charge in [0.05, 0.1) is 26.0 Å². The second kappa shape index (κ2) is 5.46. The molecule has 0 atom stereocenters. The van der Waals surface area contributed by atoms with Crippen LogP contribution in [0.4, 0.5) is 0 Å². The molecule has 7 heteroatoms. The average molecular weight is 276 g/mol. The quantitative estimate of drug-likeness (QED) is 0.821. The lowest BCUT2D eigenvalue weighted by Gasteiger charge is -2.25. The molecule has 20 heavy (non-hydrogen) atoms. The minimum Gasteiger partial charge on any atom is -0.477 e. The number of fused-ring (bicyclic) bond motifs is 1. The predicted molar refractivity (Wildman–Crippen MR) is 70.9 cm³/mol. The van der Waals surface area contributed by atoms with Crippen LogP contribution in [0.3, 0.4) is 0 Å². The molecule has 1 amide bonds. The van der Waals surface area contributed by atoms with Crippen molar-refractivity contribution in [2.45, 2.75) is 6.92 Å². The molecule has 0 aromatic carbocycles. The molecule has 0 unspecified atom stereocenters. The fourth-order valence-electron chi connectivity index (χ4n) is 2.12. The van der Waals surface area contributed by atoms with Crippen LogP contribution >= 0.6 is 0 Å². The Morgan fingerprint density at radius 3 is 2.95 bits per heavy atom. The van der Waals surface area contributed by atoms with Crippen molar-refractivity contribution >= 4 is 11.6 Å². The van der Waals surface area contributed by atoms with Crippen LogP contribution < -0.4 is 4.74 Å². The summed E-state index contributed by atoms with van der Waals surface area (Å²) in [6.45, 7) is 4.80. The number of carbonyl (C=O) groups excluding carboxylic acids is 1. The van der Waals surface area contributed by atoms with E-state index in [0.29, 0.717) is 50.1 Å². The zero-order chi connectivity index (χ0) is 13.9. The summed E-state index contributed by atoms with van der Waals surface area (Å²) in [4.78, 5) is 18.4. The minimum absolute atomic E-state index is 0.0863. The molecule has 7 nitrogen and oxygen atoms in total. The molecule has 1 aliphatic heterocycles. The predicted octanol–water partition coefficient (Wildman–Crippen LogP) is 0.600. The highest BCUT2D eigenvalue weighted by Crippen LogP contribution is 2.12. The monoisotopic (exact) mass is 276 g/mol. The van der Waals surface area contributed by atoms with E-state index < -0.39 is 0 Å². The van der Waals surface area contributed by atoms with Crippen LogP contribution in [0.1, 0.15) is 17.4 Å². The first-order chi connectivity index (χ1) is 9.78. The van der Waals surface area contributed by atoms with Crippen LogP contribution in [-0.2, 0) is 4.74 Å². The van der Waals surface area contributed by atoms with Crippen molar-refractivity contribution in [1.82, 2.24) is 19.5 Å². The van der Waals surface area contributed by atoms with Crippen LogP contribution in [0, 0.1) is 0 Å². The largest absolute Gasteiger partial charge is 0.477 e. The summed E-state index contributed by atoms with van der Waals surface area (Å²) in [6, 6.07) is 3.53. The van der Waals surface area contributed by atoms with Gasteiger partial charge in [0.1, 0.15) is 5.69 Å². The summed E-state index contributed by atoms with van der Waals surface area (Å²) < 4.78 is 12.1. The van der Waals surface area contributed by atoms with Crippen molar-refractivity contribution in [2.75, 3.05) is 32.9 Å². The molecule has 3 rings (SSSR count). The Hall–Kier alpha value is -2.15. The van der Waals surface area contributed by atoms with Crippen molar-refractivity contribution in [1.29, 1.82) is 0 Å². The third-order valence-corrected chi connectivity index (χ3v) is 3.11. The molecule has 1 fully saturated rings. The Kier molecular flexibility index (Phi) is 3.51. The first-order valence-electron chi connectivity index (χ1n) is 6.64. The first kappa shape index (κ1) is 12.9. The summed E-state index contributed by atoms with van der Waals surface area (Å²) in [5.41, 5.74) is 1.03. The normalized spacial score (nSPS) is 15.6. The van der Waals surface area contributed by atoms with Crippen molar-refractivity contribution in [3.05, 3.63) is 24.0 Å². The van der Waals surface area contributed by atoms with E-state index in [9.17, 15) is 4.79 Å². The van der Waals surface area contributed by atoms with E-state index in [1.54, 1.807) is 27.7 Å². The second-order valence-electron chi connectivity index (χ2n) is 4.44. The summed E-state index contributed by atoms with van der Waals surface area (Å²) in [5, 5.41) is 4.25. The van der Waals surface area contributed by atoms with Crippen LogP contribution in [0.15, 0.2) is 18.3 Å². The Balaban J connectivity index is 1.86. The van der Waals surface area contributed by atoms with Gasteiger partial charge in [-0.2, -0.15) is 0 Å². The Morgan fingerprint density at radius 1 is 1.40 bits per heavy atom. The SMILES string of the molecule is CCOc1ccc2nc(C(=O)N3CCOCC3)cn2n1. The van der Waals surface area contributed by atoms with Gasteiger partial charge < -0.3 is 14.4 Å². The van der Waals surface area contributed by atoms with Gasteiger partial charge in [0.15, 0.2) is 5.65 Å². The fourth-order valence-corrected chi connectivity index (χ4v) is 2.12. The van der Waals surface area contributed by atoms with Gasteiger partial charge in [0, 0.05) is 19.2 Å². The molecule has 0 radical (unpaired) electrons. The topological polar surface area (TPSA) is 69.0 Å². The van der Waals surface area contributed by atoms with Gasteiger partial charge in [-0.25, -0.2) is 9.50 Å². The van der Waals surface area contributed by atoms with Crippen molar-refractivity contribution in [3.63, 3.8) is 0 Å². The number of rotatable bonds is 3. The maximum atomic E-state index is 12.3. The van der Waals surface area contributed by atoms with Crippen molar-refractivity contribution < 1.29 is 14.3 Å². The van der Waals surface area contributed by atoms with Crippen LogP contribution in [-0.4, -0.2) is 58.3 Å². The maximum Gasteiger partial charge on any atom is 0.274 e. The number of hydrogen-bond donors (Lipinski definition) is 0. The summed E-state index contributed by atoms with van der Waals surface area (Å²) >= 11 is 0. The summed E-state index contributed by atoms with van der Waals surface area (Å²) in [6.07, 6.45) is 1.63. The van der Waals surface area contributed by atoms with Gasteiger partial charge in [-0.05, 0) is 13.0 Å². The molecule has 106 valence electrons. The lowest BCUT2D eigenvalue weighted by molar-refractivity contribution is 0.0299. The number of nitrogens with zero attached hydrogens (tertiary/aromatic N) is 4. The minimum atomic E-state index is -0.0863. The van der Waals surface area contributed by atoms with Gasteiger partial charge in [0.2, 0.25) is 5.88 Å². The molecule has 0 N–H and O–H groups in total. The van der Waals surface area contributed by atoms with E-state index in [1.807, 2.05) is 6.92 Å². The number of aromatic nitrogens is 3. The summed E-state index contributed by atoms with van der Waals surface area (Å²) in [7, 11) is 0. The molecular formula is C13H16N4O3. The Labute approximate surface area is 116 Å². The fraction of sp³-hybridized carbons (Fsp3) is 0.462. The van der Waals surface area contributed by atoms with Crippen LogP contribution in [0.25, 0.3) is 5.65 Å². The lowest BCUT2D eigenvalue weighted by atomic mass is 10.3. The second-order valence-corrected chi connectivity index (χ2v) is 4.44. The zero-order valence-electron chi connectivity index (χ0n) is 11.3. The van der Waals surface area contributed by atoms with Gasteiger partial charge >= 0.3 is 0 Å². The standard InChI is InChI=1S/C13H16N4O3/c1-2-20-12-4-3-11-14-10(9-17(11)15-12)13(18)16-5-7-19-8-6-16/h3-4,9H,2,5-8H2,1H3. The highest BCUT2D eigenvalue weighted by molar-refractivity contribution is 5.92. The molecule has 0 bridgehead atoms. The number of imidazole rings is 1. The lowest BCUT2D eigenvalue weighted by Crippen LogP contribution is -2.40. The van der Waals surface area contributed by atoms with Crippen molar-refractivity contribution in [3.8, 4) is 5.88 Å². The molecule has 0 aliphatic carbocycles. The van der Waals surface area contributed by atoms with Crippen molar-refractivity contribution in [2.24, 2.45) is 0 Å². The molecule has 1 aliphatic rings. The number of ether oxygens (including phenoxy) is 2. The molecule has 0 saturated carbocycles. The third-order valence-electron chi connectivity index (χ3n) is 3.11. The van der Waals surface area contributed by atoms with E-state index >= 15 is 0 Å². The first-order valence-corrected chi connectivity index (χ1v) is 6.64. The van der Waals surface area contributed by atoms with E-state index in [0.717, 1.165) is 0 Å². The van der Waals surface area contributed by atoms with Gasteiger partial charge in [0.25, 0.3) is 5.91 Å². The molecule has 0 spiro atoms. The van der Waals surface area contributed by atoms with Crippen LogP contribution in [0.2, 0.25) is 0 Å². The molecule has 3 heterocycles. The van der Waals surface area contributed by atoms with Gasteiger partial charge in [-0.15, -0.1) is 5.10 Å². The number of hydrogen-bond acceptors (Lipinski definition) is 5. The van der Waals surface area contributed by atoms with Crippen LogP contribution in [0.5, 0.6) is 5.88 Å². The van der Waals surface area contributed by atoms with E-state index in [4.69, 9.17) is 9.47 Å². The average Bonchev–Trinajstić information content (AvgIpc) is 2.91. The smallest absolute Gasteiger partial charge is 0.274 e. The summed E-state index contributed by atoms with van der Waals surface area (Å²) in [5.74, 6) is 0.430. The number of carbonyl (C=O) groups is 1. The third kappa shape index (κ3) is 2.44. The molecular weight excluding hydrogens is 260 g/mol. The van der Waals surface area contributed by atoms with E-state index in [1.165, 1.54) is 0 Å².